The lowest BCUT2D eigenvalue weighted by molar-refractivity contribution is -0.142. The number of carbonyl (C=O) groups excluding carboxylic acids is 3. The van der Waals surface area contributed by atoms with Crippen molar-refractivity contribution in [2.24, 2.45) is 0 Å². The topological polar surface area (TPSA) is 64.2 Å². The number of benzene rings is 2. The molecule has 1 unspecified atom stereocenters. The molecule has 178 valence electrons. The molecule has 0 saturated carbocycles. The Morgan fingerprint density at radius 3 is 2.29 bits per heavy atom. The molecule has 3 heterocycles. The summed E-state index contributed by atoms with van der Waals surface area (Å²) in [5.41, 5.74) is 2.67. The van der Waals surface area contributed by atoms with E-state index in [1.54, 1.807) is 4.90 Å². The van der Waals surface area contributed by atoms with Crippen LogP contribution < -0.4 is 4.90 Å². The van der Waals surface area contributed by atoms with Crippen molar-refractivity contribution in [1.82, 2.24) is 14.7 Å². The van der Waals surface area contributed by atoms with Gasteiger partial charge in [0.2, 0.25) is 11.8 Å². The molecule has 1 atom stereocenters. The van der Waals surface area contributed by atoms with E-state index >= 15 is 0 Å². The Labute approximate surface area is 208 Å². The summed E-state index contributed by atoms with van der Waals surface area (Å²) < 4.78 is 0.982. The fourth-order valence-corrected chi connectivity index (χ4v) is 5.74. The van der Waals surface area contributed by atoms with Crippen molar-refractivity contribution >= 4 is 39.3 Å². The van der Waals surface area contributed by atoms with Crippen molar-refractivity contribution in [1.29, 1.82) is 0 Å². The smallest absolute Gasteiger partial charge is 0.253 e. The number of anilines is 1. The molecule has 0 aliphatic carbocycles. The molecule has 0 bridgehead atoms. The van der Waals surface area contributed by atoms with Crippen molar-refractivity contribution in [2.45, 2.75) is 31.8 Å². The van der Waals surface area contributed by atoms with Crippen LogP contribution in [0.15, 0.2) is 53.0 Å². The second-order valence-electron chi connectivity index (χ2n) is 9.31. The van der Waals surface area contributed by atoms with Crippen LogP contribution in [0.1, 0.15) is 29.3 Å². The Hall–Kier alpha value is -2.71. The van der Waals surface area contributed by atoms with Crippen LogP contribution in [0.2, 0.25) is 0 Å². The number of halogens is 1. The first-order valence-corrected chi connectivity index (χ1v) is 12.7. The Morgan fingerprint density at radius 1 is 0.912 bits per heavy atom. The quantitative estimate of drug-likeness (QED) is 0.619. The fourth-order valence-electron chi connectivity index (χ4n) is 5.33. The normalized spacial score (nSPS) is 21.1. The van der Waals surface area contributed by atoms with E-state index in [0.29, 0.717) is 38.6 Å². The molecular formula is C26H29BrN4O3. The van der Waals surface area contributed by atoms with Crippen LogP contribution in [0, 0.1) is 0 Å². The van der Waals surface area contributed by atoms with Crippen molar-refractivity contribution < 1.29 is 14.4 Å². The first-order chi connectivity index (χ1) is 16.4. The van der Waals surface area contributed by atoms with Crippen molar-refractivity contribution in [2.75, 3.05) is 44.2 Å². The average molecular weight is 525 g/mol. The van der Waals surface area contributed by atoms with Gasteiger partial charge in [-0.05, 0) is 48.7 Å². The van der Waals surface area contributed by atoms with E-state index in [2.05, 4.69) is 20.8 Å². The second kappa shape index (κ2) is 9.50. The highest BCUT2D eigenvalue weighted by Gasteiger charge is 2.42. The summed E-state index contributed by atoms with van der Waals surface area (Å²) in [6.07, 6.45) is 1.42. The summed E-state index contributed by atoms with van der Waals surface area (Å²) in [6, 6.07) is 15.2. The zero-order valence-corrected chi connectivity index (χ0v) is 20.9. The number of aryl methyl sites for hydroxylation is 1. The SMILES string of the molecule is CC(=O)N1c2ccc(Br)cc2CCC1C(=O)N1CC(N2CCN(C(=O)c3ccccc3)CC2)C1. The van der Waals surface area contributed by atoms with Crippen LogP contribution in [-0.4, -0.2) is 83.8 Å². The molecule has 5 rings (SSSR count). The fraction of sp³-hybridized carbons (Fsp3) is 0.423. The van der Waals surface area contributed by atoms with Gasteiger partial charge in [0.05, 0.1) is 0 Å². The molecule has 2 aromatic rings. The molecule has 3 aliphatic rings. The molecule has 3 aliphatic heterocycles. The van der Waals surface area contributed by atoms with Crippen LogP contribution in [0.5, 0.6) is 0 Å². The summed E-state index contributed by atoms with van der Waals surface area (Å²) in [5.74, 6) is 0.0235. The van der Waals surface area contributed by atoms with E-state index in [-0.39, 0.29) is 17.7 Å². The van der Waals surface area contributed by atoms with Gasteiger partial charge in [0.25, 0.3) is 5.91 Å². The summed E-state index contributed by atoms with van der Waals surface area (Å²) in [5, 5.41) is 0. The zero-order chi connectivity index (χ0) is 23.8. The number of fused-ring (bicyclic) bond motifs is 1. The molecule has 8 heteroatoms. The summed E-state index contributed by atoms with van der Waals surface area (Å²) in [4.78, 5) is 46.4. The number of hydrogen-bond donors (Lipinski definition) is 0. The lowest BCUT2D eigenvalue weighted by Gasteiger charge is -2.50. The highest BCUT2D eigenvalue weighted by Crippen LogP contribution is 2.34. The predicted octanol–water partition coefficient (Wildman–Crippen LogP) is 2.79. The summed E-state index contributed by atoms with van der Waals surface area (Å²) in [7, 11) is 0. The van der Waals surface area contributed by atoms with Crippen LogP contribution in [-0.2, 0) is 16.0 Å². The molecule has 3 amide bonds. The van der Waals surface area contributed by atoms with Gasteiger partial charge in [0.15, 0.2) is 0 Å². The van der Waals surface area contributed by atoms with E-state index in [1.807, 2.05) is 58.3 Å². The van der Waals surface area contributed by atoms with E-state index in [1.165, 1.54) is 6.92 Å². The van der Waals surface area contributed by atoms with E-state index in [0.717, 1.165) is 40.8 Å². The number of piperazine rings is 1. The highest BCUT2D eigenvalue weighted by molar-refractivity contribution is 9.10. The van der Waals surface area contributed by atoms with Gasteiger partial charge in [-0.2, -0.15) is 0 Å². The minimum absolute atomic E-state index is 0.0397. The third kappa shape index (κ3) is 4.36. The largest absolute Gasteiger partial charge is 0.338 e. The maximum Gasteiger partial charge on any atom is 0.253 e. The van der Waals surface area contributed by atoms with Gasteiger partial charge in [-0.3, -0.25) is 24.2 Å². The zero-order valence-electron chi connectivity index (χ0n) is 19.3. The van der Waals surface area contributed by atoms with E-state index < -0.39 is 6.04 Å². The van der Waals surface area contributed by atoms with Gasteiger partial charge in [-0.15, -0.1) is 0 Å². The molecule has 0 spiro atoms. The van der Waals surface area contributed by atoms with Crippen molar-refractivity contribution in [3.63, 3.8) is 0 Å². The van der Waals surface area contributed by atoms with Crippen LogP contribution in [0.4, 0.5) is 5.69 Å². The number of carbonyl (C=O) groups is 3. The van der Waals surface area contributed by atoms with Crippen LogP contribution >= 0.6 is 15.9 Å². The standard InChI is InChI=1S/C26H29BrN4O3/c1-18(32)31-23-10-8-21(27)15-20(23)7-9-24(31)26(34)30-16-22(17-30)28-11-13-29(14-12-28)25(33)19-5-3-2-4-6-19/h2-6,8,10,15,22,24H,7,9,11-14,16-17H2,1H3. The molecule has 34 heavy (non-hydrogen) atoms. The van der Waals surface area contributed by atoms with Gasteiger partial charge in [-0.1, -0.05) is 34.1 Å². The predicted molar refractivity (Wildman–Crippen MR) is 134 cm³/mol. The van der Waals surface area contributed by atoms with Gasteiger partial charge in [0, 0.05) is 68.0 Å². The molecule has 0 aromatic heterocycles. The van der Waals surface area contributed by atoms with Gasteiger partial charge in [0.1, 0.15) is 6.04 Å². The first kappa shape index (κ1) is 23.1. The minimum atomic E-state index is -0.438. The maximum absolute atomic E-state index is 13.3. The summed E-state index contributed by atoms with van der Waals surface area (Å²) >= 11 is 3.50. The third-order valence-corrected chi connectivity index (χ3v) is 7.73. The number of nitrogens with zero attached hydrogens (tertiary/aromatic N) is 4. The number of hydrogen-bond acceptors (Lipinski definition) is 4. The van der Waals surface area contributed by atoms with Gasteiger partial charge in [-0.25, -0.2) is 0 Å². The lowest BCUT2D eigenvalue weighted by atomic mass is 9.93. The number of amides is 3. The van der Waals surface area contributed by atoms with E-state index in [4.69, 9.17) is 0 Å². The Bertz CT molecular complexity index is 1090. The van der Waals surface area contributed by atoms with Gasteiger partial charge < -0.3 is 9.80 Å². The van der Waals surface area contributed by atoms with Gasteiger partial charge >= 0.3 is 0 Å². The maximum atomic E-state index is 13.3. The third-order valence-electron chi connectivity index (χ3n) is 7.24. The molecule has 0 radical (unpaired) electrons. The molecule has 2 saturated heterocycles. The van der Waals surface area contributed by atoms with E-state index in [9.17, 15) is 14.4 Å². The number of likely N-dealkylation sites (tertiary alicyclic amines) is 1. The second-order valence-corrected chi connectivity index (χ2v) is 10.2. The molecule has 7 nitrogen and oxygen atoms in total. The molecule has 2 aromatic carbocycles. The first-order valence-electron chi connectivity index (χ1n) is 11.9. The molecule has 0 N–H and O–H groups in total. The average Bonchev–Trinajstić information content (AvgIpc) is 2.82. The van der Waals surface area contributed by atoms with Crippen molar-refractivity contribution in [3.05, 3.63) is 64.1 Å². The highest BCUT2D eigenvalue weighted by atomic mass is 79.9. The number of rotatable bonds is 3. The Kier molecular flexibility index (Phi) is 6.44. The van der Waals surface area contributed by atoms with Crippen LogP contribution in [0.25, 0.3) is 0 Å². The monoisotopic (exact) mass is 524 g/mol. The minimum Gasteiger partial charge on any atom is -0.338 e. The Balaban J connectivity index is 1.16. The molecular weight excluding hydrogens is 496 g/mol. The van der Waals surface area contributed by atoms with Crippen molar-refractivity contribution in [3.8, 4) is 0 Å². The Morgan fingerprint density at radius 2 is 1.62 bits per heavy atom. The lowest BCUT2D eigenvalue weighted by Crippen LogP contribution is -2.67. The molecule has 2 fully saturated rings. The van der Waals surface area contributed by atoms with Crippen LogP contribution in [0.3, 0.4) is 0 Å². The summed E-state index contributed by atoms with van der Waals surface area (Å²) in [6.45, 7) is 5.93.